The second-order valence-electron chi connectivity index (χ2n) is 7.99. The molecular formula is C24H30N6O2S. The highest BCUT2D eigenvalue weighted by Crippen LogP contribution is 2.32. The predicted molar refractivity (Wildman–Crippen MR) is 135 cm³/mol. The molecule has 8 nitrogen and oxygen atoms in total. The predicted octanol–water partition coefficient (Wildman–Crippen LogP) is 3.61. The summed E-state index contributed by atoms with van der Waals surface area (Å²) < 4.78 is 5.44. The number of anilines is 2. The Hall–Kier alpha value is -2.88. The molecule has 0 radical (unpaired) electrons. The largest absolute Gasteiger partial charge is 0.494 e. The number of benzene rings is 2. The molecule has 2 heterocycles. The van der Waals surface area contributed by atoms with Crippen molar-refractivity contribution in [3.63, 3.8) is 0 Å². The fourth-order valence-corrected chi connectivity index (χ4v) is 4.81. The van der Waals surface area contributed by atoms with E-state index in [9.17, 15) is 4.79 Å². The summed E-state index contributed by atoms with van der Waals surface area (Å²) in [7, 11) is 0. The minimum Gasteiger partial charge on any atom is -0.494 e. The molecule has 2 aromatic carbocycles. The highest BCUT2D eigenvalue weighted by Gasteiger charge is 2.43. The minimum absolute atomic E-state index is 0.0816. The SMILES string of the molecule is CCOc1ccc(NC(=O)CSC2=NC3NNC(C)C3C(=N)N2c2ccc(CC)cc2)cc1. The lowest BCUT2D eigenvalue weighted by Crippen LogP contribution is -2.50. The Balaban J connectivity index is 1.48. The van der Waals surface area contributed by atoms with Crippen molar-refractivity contribution in [1.29, 1.82) is 5.41 Å². The number of aryl methyl sites for hydroxylation is 1. The van der Waals surface area contributed by atoms with E-state index in [0.717, 1.165) is 17.9 Å². The summed E-state index contributed by atoms with van der Waals surface area (Å²) in [5, 5.41) is 12.5. The number of carbonyl (C=O) groups is 1. The third kappa shape index (κ3) is 5.21. The lowest BCUT2D eigenvalue weighted by molar-refractivity contribution is -0.113. The fraction of sp³-hybridized carbons (Fsp3) is 0.375. The van der Waals surface area contributed by atoms with E-state index in [4.69, 9.17) is 15.1 Å². The average molecular weight is 467 g/mol. The van der Waals surface area contributed by atoms with Crippen LogP contribution in [-0.2, 0) is 11.2 Å². The Morgan fingerprint density at radius 2 is 1.88 bits per heavy atom. The van der Waals surface area contributed by atoms with E-state index in [-0.39, 0.29) is 29.8 Å². The van der Waals surface area contributed by atoms with Crippen molar-refractivity contribution in [2.75, 3.05) is 22.6 Å². The van der Waals surface area contributed by atoms with E-state index in [1.165, 1.54) is 17.3 Å². The highest BCUT2D eigenvalue weighted by atomic mass is 32.2. The number of nitrogens with one attached hydrogen (secondary N) is 4. The van der Waals surface area contributed by atoms with Crippen molar-refractivity contribution in [1.82, 2.24) is 10.9 Å². The molecule has 0 aromatic heterocycles. The number of rotatable bonds is 7. The van der Waals surface area contributed by atoms with Gasteiger partial charge in [0.15, 0.2) is 5.17 Å². The maximum atomic E-state index is 12.6. The molecule has 1 fully saturated rings. The second-order valence-corrected chi connectivity index (χ2v) is 8.94. The zero-order chi connectivity index (χ0) is 23.4. The van der Waals surface area contributed by atoms with Crippen LogP contribution in [0.2, 0.25) is 0 Å². The van der Waals surface area contributed by atoms with E-state index in [0.29, 0.717) is 23.3 Å². The highest BCUT2D eigenvalue weighted by molar-refractivity contribution is 8.14. The number of carbonyl (C=O) groups excluding carboxylic acids is 1. The molecule has 1 amide bonds. The lowest BCUT2D eigenvalue weighted by atomic mass is 9.97. The smallest absolute Gasteiger partial charge is 0.234 e. The van der Waals surface area contributed by atoms with Gasteiger partial charge in [0.1, 0.15) is 17.8 Å². The number of nitrogens with zero attached hydrogens (tertiary/aromatic N) is 2. The molecule has 174 valence electrons. The van der Waals surface area contributed by atoms with Crippen molar-refractivity contribution in [3.05, 3.63) is 54.1 Å². The van der Waals surface area contributed by atoms with Crippen molar-refractivity contribution in [3.8, 4) is 5.75 Å². The summed E-state index contributed by atoms with van der Waals surface area (Å²) in [4.78, 5) is 19.3. The van der Waals surface area contributed by atoms with E-state index in [1.807, 2.05) is 55.1 Å². The van der Waals surface area contributed by atoms with E-state index in [2.05, 4.69) is 35.2 Å². The van der Waals surface area contributed by atoms with Gasteiger partial charge in [0.2, 0.25) is 5.91 Å². The molecule has 3 unspecified atom stereocenters. The summed E-state index contributed by atoms with van der Waals surface area (Å²) >= 11 is 1.33. The van der Waals surface area contributed by atoms with Gasteiger partial charge >= 0.3 is 0 Å². The maximum Gasteiger partial charge on any atom is 0.234 e. The summed E-state index contributed by atoms with van der Waals surface area (Å²) in [6.45, 7) is 6.69. The molecule has 9 heteroatoms. The molecule has 0 spiro atoms. The van der Waals surface area contributed by atoms with Crippen molar-refractivity contribution < 1.29 is 9.53 Å². The van der Waals surface area contributed by atoms with Gasteiger partial charge < -0.3 is 10.1 Å². The first-order valence-electron chi connectivity index (χ1n) is 11.2. The Morgan fingerprint density at radius 3 is 2.55 bits per heavy atom. The average Bonchev–Trinajstić information content (AvgIpc) is 3.20. The van der Waals surface area contributed by atoms with Gasteiger partial charge in [0.05, 0.1) is 18.3 Å². The zero-order valence-electron chi connectivity index (χ0n) is 19.1. The van der Waals surface area contributed by atoms with Crippen LogP contribution >= 0.6 is 11.8 Å². The molecule has 0 aliphatic carbocycles. The molecule has 0 bridgehead atoms. The van der Waals surface area contributed by atoms with Gasteiger partial charge in [0, 0.05) is 17.4 Å². The molecular weight excluding hydrogens is 436 g/mol. The number of amidine groups is 2. The summed E-state index contributed by atoms with van der Waals surface area (Å²) in [6.07, 6.45) is 0.727. The minimum atomic E-state index is -0.227. The Bertz CT molecular complexity index is 1020. The first-order valence-corrected chi connectivity index (χ1v) is 12.2. The topological polar surface area (TPSA) is 102 Å². The van der Waals surface area contributed by atoms with Gasteiger partial charge in [-0.25, -0.2) is 10.4 Å². The molecule has 4 N–H and O–H groups in total. The maximum absolute atomic E-state index is 12.6. The van der Waals surface area contributed by atoms with Crippen LogP contribution in [0.3, 0.4) is 0 Å². The van der Waals surface area contributed by atoms with Crippen LogP contribution in [0.15, 0.2) is 53.5 Å². The van der Waals surface area contributed by atoms with Crippen LogP contribution in [0.25, 0.3) is 0 Å². The molecule has 3 atom stereocenters. The number of hydrogen-bond acceptors (Lipinski definition) is 7. The number of ether oxygens (including phenoxy) is 1. The summed E-state index contributed by atoms with van der Waals surface area (Å²) in [5.41, 5.74) is 9.19. The van der Waals surface area contributed by atoms with Crippen LogP contribution in [0.1, 0.15) is 26.3 Å². The van der Waals surface area contributed by atoms with E-state index >= 15 is 0 Å². The monoisotopic (exact) mass is 466 g/mol. The van der Waals surface area contributed by atoms with Gasteiger partial charge in [-0.3, -0.25) is 20.5 Å². The fourth-order valence-electron chi connectivity index (χ4n) is 3.96. The molecule has 0 saturated carbocycles. The standard InChI is InChI=1S/C24H30N6O2S/c1-4-16-6-10-18(11-7-16)30-22(25)21-15(3)28-29-23(21)27-24(30)33-14-20(31)26-17-8-12-19(13-9-17)32-5-2/h6-13,15,21,23,25,28-29H,4-5,14H2,1-3H3,(H,26,31). The lowest BCUT2D eigenvalue weighted by Gasteiger charge is -2.36. The van der Waals surface area contributed by atoms with Gasteiger partial charge in [-0.05, 0) is 62.2 Å². The van der Waals surface area contributed by atoms with Crippen LogP contribution < -0.4 is 25.8 Å². The van der Waals surface area contributed by atoms with Crippen molar-refractivity contribution >= 4 is 40.0 Å². The second kappa shape index (κ2) is 10.4. The van der Waals surface area contributed by atoms with Crippen LogP contribution in [-0.4, -0.2) is 41.5 Å². The summed E-state index contributed by atoms with van der Waals surface area (Å²) in [6, 6.07) is 15.6. The van der Waals surface area contributed by atoms with Crippen molar-refractivity contribution in [2.24, 2.45) is 10.9 Å². The third-order valence-electron chi connectivity index (χ3n) is 5.72. The van der Waals surface area contributed by atoms with E-state index < -0.39 is 0 Å². The van der Waals surface area contributed by atoms with Crippen LogP contribution in [0, 0.1) is 11.3 Å². The van der Waals surface area contributed by atoms with Crippen LogP contribution in [0.5, 0.6) is 5.75 Å². The number of fused-ring (bicyclic) bond motifs is 1. The zero-order valence-corrected chi connectivity index (χ0v) is 19.9. The number of aliphatic imine (C=N–C) groups is 1. The van der Waals surface area contributed by atoms with Gasteiger partial charge in [-0.1, -0.05) is 30.8 Å². The molecule has 33 heavy (non-hydrogen) atoms. The Morgan fingerprint density at radius 1 is 1.15 bits per heavy atom. The van der Waals surface area contributed by atoms with Gasteiger partial charge in [0.25, 0.3) is 0 Å². The molecule has 1 saturated heterocycles. The van der Waals surface area contributed by atoms with Gasteiger partial charge in [-0.2, -0.15) is 0 Å². The summed E-state index contributed by atoms with van der Waals surface area (Å²) in [5.74, 6) is 1.21. The quantitative estimate of drug-likeness (QED) is 0.497. The molecule has 2 aliphatic rings. The van der Waals surface area contributed by atoms with E-state index in [1.54, 1.807) is 0 Å². The van der Waals surface area contributed by atoms with Crippen molar-refractivity contribution in [2.45, 2.75) is 39.4 Å². The molecule has 2 aliphatic heterocycles. The number of hydrazine groups is 1. The molecule has 4 rings (SSSR count). The van der Waals surface area contributed by atoms with Crippen LogP contribution in [0.4, 0.5) is 11.4 Å². The molecule has 2 aromatic rings. The normalized spacial score (nSPS) is 22.0. The number of thioether (sulfide) groups is 1. The third-order valence-corrected chi connectivity index (χ3v) is 6.67. The Labute approximate surface area is 198 Å². The number of hydrogen-bond donors (Lipinski definition) is 4. The Kier molecular flexibility index (Phi) is 7.32. The first-order chi connectivity index (χ1) is 16.0. The number of amides is 1. The van der Waals surface area contributed by atoms with Gasteiger partial charge in [-0.15, -0.1) is 0 Å². The first kappa shape index (κ1) is 23.3.